The quantitative estimate of drug-likeness (QED) is 0.202. The number of phenolic OH excluding ortho intramolecular Hbond substituents is 1. The second-order valence-corrected chi connectivity index (χ2v) is 8.29. The first-order valence-electron chi connectivity index (χ1n) is 11.7. The molecule has 0 saturated heterocycles. The number of hydrazone groups is 1. The van der Waals surface area contributed by atoms with Gasteiger partial charge in [-0.2, -0.15) is 5.10 Å². The lowest BCUT2D eigenvalue weighted by atomic mass is 10.1. The molecule has 37 heavy (non-hydrogen) atoms. The zero-order valence-electron chi connectivity index (χ0n) is 20.9. The maximum Gasteiger partial charge on any atom is 0.287 e. The second kappa shape index (κ2) is 13.1. The van der Waals surface area contributed by atoms with E-state index in [9.17, 15) is 14.7 Å². The highest BCUT2D eigenvalue weighted by Crippen LogP contribution is 2.25. The van der Waals surface area contributed by atoms with Crippen molar-refractivity contribution in [1.29, 1.82) is 0 Å². The van der Waals surface area contributed by atoms with E-state index in [-0.39, 0.29) is 27.8 Å². The van der Waals surface area contributed by atoms with Crippen molar-refractivity contribution >= 4 is 41.4 Å². The molecule has 3 aromatic rings. The Bertz CT molecular complexity index is 1300. The number of aromatic hydroxyl groups is 1. The van der Waals surface area contributed by atoms with Gasteiger partial charge in [0.2, 0.25) is 0 Å². The molecule has 8 nitrogen and oxygen atoms in total. The van der Waals surface area contributed by atoms with Crippen LogP contribution < -0.4 is 20.4 Å². The summed E-state index contributed by atoms with van der Waals surface area (Å²) in [6.45, 7) is 5.91. The van der Waals surface area contributed by atoms with Crippen molar-refractivity contribution in [2.75, 3.05) is 25.1 Å². The molecular formula is C28H29ClN4O4. The number of nitrogens with one attached hydrogen (secondary N) is 2. The van der Waals surface area contributed by atoms with Crippen LogP contribution in [0.2, 0.25) is 5.02 Å². The van der Waals surface area contributed by atoms with Gasteiger partial charge in [0.25, 0.3) is 11.8 Å². The average molecular weight is 521 g/mol. The van der Waals surface area contributed by atoms with Crippen LogP contribution in [0.3, 0.4) is 0 Å². The number of halogens is 1. The molecule has 2 amide bonds. The number of ether oxygens (including phenoxy) is 1. The lowest BCUT2D eigenvalue weighted by molar-refractivity contribution is -0.117. The fourth-order valence-corrected chi connectivity index (χ4v) is 3.75. The van der Waals surface area contributed by atoms with Crippen LogP contribution in [0.15, 0.2) is 77.5 Å². The van der Waals surface area contributed by atoms with Gasteiger partial charge in [-0.1, -0.05) is 35.9 Å². The molecule has 3 rings (SSSR count). The number of phenols is 1. The third-order valence-corrected chi connectivity index (χ3v) is 5.86. The largest absolute Gasteiger partial charge is 0.504 e. The highest BCUT2D eigenvalue weighted by atomic mass is 35.5. The van der Waals surface area contributed by atoms with Crippen molar-refractivity contribution in [3.63, 3.8) is 0 Å². The summed E-state index contributed by atoms with van der Waals surface area (Å²) >= 11 is 6.17. The van der Waals surface area contributed by atoms with E-state index in [1.54, 1.807) is 42.5 Å². The molecule has 3 N–H and O–H groups in total. The number of methoxy groups -OCH3 is 1. The number of carbonyl (C=O) groups is 2. The number of nitrogens with zero attached hydrogens (tertiary/aromatic N) is 2. The molecule has 0 spiro atoms. The predicted molar refractivity (Wildman–Crippen MR) is 147 cm³/mol. The first-order valence-corrected chi connectivity index (χ1v) is 12.1. The summed E-state index contributed by atoms with van der Waals surface area (Å²) in [5.41, 5.74) is 5.01. The van der Waals surface area contributed by atoms with E-state index in [2.05, 4.69) is 34.6 Å². The maximum atomic E-state index is 13.0. The minimum absolute atomic E-state index is 0.0109. The fourth-order valence-electron chi connectivity index (χ4n) is 3.53. The molecule has 0 aliphatic heterocycles. The van der Waals surface area contributed by atoms with Crippen LogP contribution in [0, 0.1) is 0 Å². The third kappa shape index (κ3) is 7.35. The van der Waals surface area contributed by atoms with Crippen LogP contribution in [0.5, 0.6) is 11.5 Å². The number of hydrogen-bond donors (Lipinski definition) is 3. The summed E-state index contributed by atoms with van der Waals surface area (Å²) in [6, 6.07) is 18.9. The number of carbonyl (C=O) groups excluding carboxylic acids is 2. The van der Waals surface area contributed by atoms with Crippen molar-refractivity contribution in [2.24, 2.45) is 5.10 Å². The lowest BCUT2D eigenvalue weighted by Crippen LogP contribution is -2.33. The van der Waals surface area contributed by atoms with Gasteiger partial charge in [-0.3, -0.25) is 9.59 Å². The molecule has 0 radical (unpaired) electrons. The van der Waals surface area contributed by atoms with E-state index >= 15 is 0 Å². The molecule has 0 unspecified atom stereocenters. The molecule has 0 fully saturated rings. The summed E-state index contributed by atoms with van der Waals surface area (Å²) in [5.74, 6) is -0.895. The molecule has 0 atom stereocenters. The van der Waals surface area contributed by atoms with Crippen molar-refractivity contribution in [2.45, 2.75) is 13.8 Å². The van der Waals surface area contributed by atoms with Crippen LogP contribution in [0.4, 0.5) is 5.69 Å². The van der Waals surface area contributed by atoms with Gasteiger partial charge in [0.05, 0.1) is 23.9 Å². The van der Waals surface area contributed by atoms with Crippen LogP contribution in [-0.4, -0.2) is 43.3 Å². The van der Waals surface area contributed by atoms with Crippen LogP contribution in [-0.2, 0) is 4.79 Å². The van der Waals surface area contributed by atoms with Gasteiger partial charge in [0, 0.05) is 18.8 Å². The van der Waals surface area contributed by atoms with E-state index in [1.165, 1.54) is 19.4 Å². The van der Waals surface area contributed by atoms with Crippen LogP contribution in [0.1, 0.15) is 35.3 Å². The number of anilines is 1. The summed E-state index contributed by atoms with van der Waals surface area (Å²) in [5, 5.41) is 16.6. The Hall–Kier alpha value is -4.30. The highest BCUT2D eigenvalue weighted by Gasteiger charge is 2.16. The smallest absolute Gasteiger partial charge is 0.287 e. The predicted octanol–water partition coefficient (Wildman–Crippen LogP) is 4.82. The molecule has 0 aromatic heterocycles. The minimum Gasteiger partial charge on any atom is -0.504 e. The number of benzene rings is 3. The Morgan fingerprint density at radius 3 is 2.35 bits per heavy atom. The SMILES string of the molecule is CCN(CC)c1ccc(/C=C(/NC(=O)c2ccccc2Cl)C(=O)N/N=C/c2ccc(O)c(OC)c2)cc1. The van der Waals surface area contributed by atoms with Crippen molar-refractivity contribution in [1.82, 2.24) is 10.7 Å². The average Bonchev–Trinajstić information content (AvgIpc) is 2.91. The Morgan fingerprint density at radius 1 is 1.03 bits per heavy atom. The summed E-state index contributed by atoms with van der Waals surface area (Å²) < 4.78 is 5.08. The van der Waals surface area contributed by atoms with Crippen LogP contribution in [0.25, 0.3) is 6.08 Å². The second-order valence-electron chi connectivity index (χ2n) is 7.89. The molecule has 0 aliphatic rings. The Balaban J connectivity index is 1.85. The molecule has 192 valence electrons. The Labute approximate surface area is 221 Å². The number of amides is 2. The molecule has 0 heterocycles. The van der Waals surface area contributed by atoms with Crippen molar-refractivity contribution in [3.05, 3.63) is 94.1 Å². The third-order valence-electron chi connectivity index (χ3n) is 5.53. The van der Waals surface area contributed by atoms with E-state index in [1.807, 2.05) is 24.3 Å². The van der Waals surface area contributed by atoms with Crippen LogP contribution >= 0.6 is 11.6 Å². The lowest BCUT2D eigenvalue weighted by Gasteiger charge is -2.21. The highest BCUT2D eigenvalue weighted by molar-refractivity contribution is 6.34. The minimum atomic E-state index is -0.629. The van der Waals surface area contributed by atoms with Crippen molar-refractivity contribution in [3.8, 4) is 11.5 Å². The van der Waals surface area contributed by atoms with Gasteiger partial charge in [-0.05, 0) is 73.5 Å². The van der Waals surface area contributed by atoms with E-state index in [0.717, 1.165) is 18.8 Å². The summed E-state index contributed by atoms with van der Waals surface area (Å²) in [4.78, 5) is 28.1. The first kappa shape index (κ1) is 27.3. The molecular weight excluding hydrogens is 492 g/mol. The van der Waals surface area contributed by atoms with Crippen molar-refractivity contribution < 1.29 is 19.4 Å². The van der Waals surface area contributed by atoms with Gasteiger partial charge in [-0.25, -0.2) is 5.43 Å². The Morgan fingerprint density at radius 2 is 1.70 bits per heavy atom. The molecule has 0 bridgehead atoms. The first-order chi connectivity index (χ1) is 17.9. The zero-order chi connectivity index (χ0) is 26.8. The summed E-state index contributed by atoms with van der Waals surface area (Å²) in [7, 11) is 1.44. The molecule has 3 aromatic carbocycles. The van der Waals surface area contributed by atoms with E-state index < -0.39 is 11.8 Å². The fraction of sp³-hybridized carbons (Fsp3) is 0.179. The maximum absolute atomic E-state index is 13.0. The molecule has 0 saturated carbocycles. The zero-order valence-corrected chi connectivity index (χ0v) is 21.6. The normalized spacial score (nSPS) is 11.3. The van der Waals surface area contributed by atoms with E-state index in [0.29, 0.717) is 11.1 Å². The van der Waals surface area contributed by atoms with Gasteiger partial charge in [-0.15, -0.1) is 0 Å². The number of hydrogen-bond acceptors (Lipinski definition) is 6. The van der Waals surface area contributed by atoms with Gasteiger partial charge < -0.3 is 20.1 Å². The number of rotatable bonds is 10. The van der Waals surface area contributed by atoms with Gasteiger partial charge in [0.1, 0.15) is 5.70 Å². The topological polar surface area (TPSA) is 103 Å². The molecule has 0 aliphatic carbocycles. The Kier molecular flexibility index (Phi) is 9.69. The summed E-state index contributed by atoms with van der Waals surface area (Å²) in [6.07, 6.45) is 2.96. The van der Waals surface area contributed by atoms with Gasteiger partial charge >= 0.3 is 0 Å². The molecule has 9 heteroatoms. The van der Waals surface area contributed by atoms with E-state index in [4.69, 9.17) is 16.3 Å². The van der Waals surface area contributed by atoms with Gasteiger partial charge in [0.15, 0.2) is 11.5 Å². The standard InChI is InChI=1S/C28H29ClN4O4/c1-4-33(5-2)21-13-10-19(11-14-21)16-24(31-27(35)22-8-6-7-9-23(22)29)28(36)32-30-18-20-12-15-25(34)26(17-20)37-3/h6-18,34H,4-5H2,1-3H3,(H,31,35)(H,32,36)/b24-16+,30-18+. The monoisotopic (exact) mass is 520 g/mol.